The van der Waals surface area contributed by atoms with Crippen LogP contribution in [0.3, 0.4) is 0 Å². The molecule has 0 radical (unpaired) electrons. The Morgan fingerprint density at radius 1 is 0.730 bits per heavy atom. The second-order valence-electron chi connectivity index (χ2n) is 8.86. The van der Waals surface area contributed by atoms with Gasteiger partial charge in [-0.1, -0.05) is 70.4 Å². The lowest BCUT2D eigenvalue weighted by Gasteiger charge is -2.13. The Balaban J connectivity index is 1.79. The summed E-state index contributed by atoms with van der Waals surface area (Å²) in [7, 11) is 3.00. The molecule has 2 aromatic carbocycles. The fourth-order valence-corrected chi connectivity index (χ4v) is 3.89. The lowest BCUT2D eigenvalue weighted by atomic mass is 10.1. The summed E-state index contributed by atoms with van der Waals surface area (Å²) in [5, 5.41) is 5.45. The van der Waals surface area contributed by atoms with Gasteiger partial charge in [-0.25, -0.2) is 4.79 Å². The van der Waals surface area contributed by atoms with Crippen LogP contribution < -0.4 is 20.1 Å². The van der Waals surface area contributed by atoms with Crippen molar-refractivity contribution in [1.29, 1.82) is 0 Å². The van der Waals surface area contributed by atoms with E-state index in [-0.39, 0.29) is 11.5 Å². The highest BCUT2D eigenvalue weighted by Gasteiger charge is 2.17. The molecule has 0 saturated carbocycles. The molecule has 37 heavy (non-hydrogen) atoms. The van der Waals surface area contributed by atoms with Crippen molar-refractivity contribution in [2.24, 2.45) is 0 Å². The number of hydrogen-bond donors (Lipinski definition) is 2. The standard InChI is InChI=1S/C29H40N2O6/c1-4-5-6-7-8-9-10-11-12-17-27(32)30-24-16-14-13-15-23(24)29(34)37-21-28(33)31-25-20-22(35-2)18-19-26(25)36-3/h13-16,18-20H,4-12,17,21H2,1-3H3,(H,30,32)(H,31,33). The molecule has 0 aliphatic rings. The Morgan fingerprint density at radius 3 is 2.05 bits per heavy atom. The maximum atomic E-state index is 12.7. The maximum absolute atomic E-state index is 12.7. The first kappa shape index (κ1) is 29.7. The molecule has 0 atom stereocenters. The van der Waals surface area contributed by atoms with Gasteiger partial charge in [0.05, 0.1) is 31.2 Å². The molecule has 0 heterocycles. The van der Waals surface area contributed by atoms with Gasteiger partial charge < -0.3 is 24.8 Å². The van der Waals surface area contributed by atoms with Crippen LogP contribution in [0.15, 0.2) is 42.5 Å². The van der Waals surface area contributed by atoms with Crippen molar-refractivity contribution in [3.63, 3.8) is 0 Å². The van der Waals surface area contributed by atoms with E-state index in [0.717, 1.165) is 19.3 Å². The molecule has 0 aromatic heterocycles. The zero-order chi connectivity index (χ0) is 26.9. The highest BCUT2D eigenvalue weighted by molar-refractivity contribution is 6.02. The van der Waals surface area contributed by atoms with E-state index in [1.807, 2.05) is 0 Å². The number of methoxy groups -OCH3 is 2. The first-order chi connectivity index (χ1) is 18.0. The number of unbranched alkanes of at least 4 members (excludes halogenated alkanes) is 8. The number of para-hydroxylation sites is 1. The molecule has 8 nitrogen and oxygen atoms in total. The number of amides is 2. The van der Waals surface area contributed by atoms with E-state index in [1.165, 1.54) is 52.7 Å². The van der Waals surface area contributed by atoms with Gasteiger partial charge in [-0.2, -0.15) is 0 Å². The summed E-state index contributed by atoms with van der Waals surface area (Å²) in [4.78, 5) is 37.5. The van der Waals surface area contributed by atoms with E-state index >= 15 is 0 Å². The predicted molar refractivity (Wildman–Crippen MR) is 145 cm³/mol. The molecular formula is C29H40N2O6. The number of anilines is 2. The third-order valence-electron chi connectivity index (χ3n) is 5.94. The number of hydrogen-bond acceptors (Lipinski definition) is 6. The smallest absolute Gasteiger partial charge is 0.340 e. The van der Waals surface area contributed by atoms with Crippen LogP contribution in [0.1, 0.15) is 81.5 Å². The molecule has 202 valence electrons. The first-order valence-electron chi connectivity index (χ1n) is 13.1. The van der Waals surface area contributed by atoms with Crippen LogP contribution in [0.4, 0.5) is 11.4 Å². The second kappa shape index (κ2) is 17.0. The predicted octanol–water partition coefficient (Wildman–Crippen LogP) is 6.36. The summed E-state index contributed by atoms with van der Waals surface area (Å²) in [6.45, 7) is 1.72. The summed E-state index contributed by atoms with van der Waals surface area (Å²) in [6, 6.07) is 11.6. The van der Waals surface area contributed by atoms with Crippen LogP contribution in [0, 0.1) is 0 Å². The molecule has 0 saturated heterocycles. The molecule has 0 spiro atoms. The lowest BCUT2D eigenvalue weighted by molar-refractivity contribution is -0.119. The molecule has 8 heteroatoms. The van der Waals surface area contributed by atoms with Gasteiger partial charge in [0, 0.05) is 12.5 Å². The largest absolute Gasteiger partial charge is 0.497 e. The van der Waals surface area contributed by atoms with E-state index in [4.69, 9.17) is 14.2 Å². The number of rotatable bonds is 17. The van der Waals surface area contributed by atoms with Crippen LogP contribution >= 0.6 is 0 Å². The van der Waals surface area contributed by atoms with Crippen molar-refractivity contribution < 1.29 is 28.6 Å². The van der Waals surface area contributed by atoms with E-state index < -0.39 is 18.5 Å². The molecule has 0 aliphatic heterocycles. The van der Waals surface area contributed by atoms with E-state index in [1.54, 1.807) is 42.5 Å². The average molecular weight is 513 g/mol. The van der Waals surface area contributed by atoms with Gasteiger partial charge in [0.2, 0.25) is 5.91 Å². The fraction of sp³-hybridized carbons (Fsp3) is 0.483. The van der Waals surface area contributed by atoms with Crippen molar-refractivity contribution in [2.75, 3.05) is 31.5 Å². The average Bonchev–Trinajstić information content (AvgIpc) is 2.91. The molecule has 0 unspecified atom stereocenters. The molecule has 2 amide bonds. The molecule has 0 fully saturated rings. The van der Waals surface area contributed by atoms with Gasteiger partial charge in [-0.15, -0.1) is 0 Å². The van der Waals surface area contributed by atoms with Gasteiger partial charge in [0.25, 0.3) is 5.91 Å². The van der Waals surface area contributed by atoms with Crippen molar-refractivity contribution in [3.05, 3.63) is 48.0 Å². The Kier molecular flexibility index (Phi) is 13.6. The normalized spacial score (nSPS) is 10.5. The summed E-state index contributed by atoms with van der Waals surface area (Å²) in [5.41, 5.74) is 0.949. The molecular weight excluding hydrogens is 472 g/mol. The van der Waals surface area contributed by atoms with Crippen LogP contribution in [0.2, 0.25) is 0 Å². The number of carbonyl (C=O) groups excluding carboxylic acids is 3. The first-order valence-corrected chi connectivity index (χ1v) is 13.1. The minimum atomic E-state index is -0.702. The minimum absolute atomic E-state index is 0.147. The minimum Gasteiger partial charge on any atom is -0.497 e. The van der Waals surface area contributed by atoms with Gasteiger partial charge in [-0.3, -0.25) is 9.59 Å². The summed E-state index contributed by atoms with van der Waals surface area (Å²) in [6.07, 6.45) is 11.0. The number of esters is 1. The number of benzene rings is 2. The summed E-state index contributed by atoms with van der Waals surface area (Å²) < 4.78 is 15.6. The highest BCUT2D eigenvalue weighted by Crippen LogP contribution is 2.28. The lowest BCUT2D eigenvalue weighted by Crippen LogP contribution is -2.22. The molecule has 0 aliphatic carbocycles. The molecule has 2 aromatic rings. The van der Waals surface area contributed by atoms with E-state index in [9.17, 15) is 14.4 Å². The maximum Gasteiger partial charge on any atom is 0.340 e. The van der Waals surface area contributed by atoms with E-state index in [0.29, 0.717) is 29.3 Å². The van der Waals surface area contributed by atoms with E-state index in [2.05, 4.69) is 17.6 Å². The van der Waals surface area contributed by atoms with Gasteiger partial charge >= 0.3 is 5.97 Å². The Hall–Kier alpha value is -3.55. The quantitative estimate of drug-likeness (QED) is 0.189. The number of ether oxygens (including phenoxy) is 3. The van der Waals surface area contributed by atoms with Crippen LogP contribution in [0.25, 0.3) is 0 Å². The molecule has 2 N–H and O–H groups in total. The zero-order valence-corrected chi connectivity index (χ0v) is 22.3. The Morgan fingerprint density at radius 2 is 1.38 bits per heavy atom. The Bertz CT molecular complexity index is 1010. The number of carbonyl (C=O) groups is 3. The Labute approximate surface area is 220 Å². The van der Waals surface area contributed by atoms with Crippen molar-refractivity contribution in [3.8, 4) is 11.5 Å². The zero-order valence-electron chi connectivity index (χ0n) is 22.3. The number of nitrogens with one attached hydrogen (secondary N) is 2. The van der Waals surface area contributed by atoms with Crippen molar-refractivity contribution in [2.45, 2.75) is 71.1 Å². The second-order valence-corrected chi connectivity index (χ2v) is 8.86. The van der Waals surface area contributed by atoms with Crippen LogP contribution in [-0.2, 0) is 14.3 Å². The van der Waals surface area contributed by atoms with Crippen LogP contribution in [-0.4, -0.2) is 38.6 Å². The highest BCUT2D eigenvalue weighted by atomic mass is 16.5. The van der Waals surface area contributed by atoms with Crippen molar-refractivity contribution >= 4 is 29.2 Å². The van der Waals surface area contributed by atoms with Crippen molar-refractivity contribution in [1.82, 2.24) is 0 Å². The molecule has 0 bridgehead atoms. The van der Waals surface area contributed by atoms with Gasteiger partial charge in [-0.05, 0) is 30.7 Å². The van der Waals surface area contributed by atoms with Gasteiger partial charge in [0.15, 0.2) is 6.61 Å². The molecule has 2 rings (SSSR count). The summed E-state index contributed by atoms with van der Waals surface area (Å²) in [5.74, 6) is -0.398. The SMILES string of the molecule is CCCCCCCCCCCC(=O)Nc1ccccc1C(=O)OCC(=O)Nc1cc(OC)ccc1OC. The fourth-order valence-electron chi connectivity index (χ4n) is 3.89. The third-order valence-corrected chi connectivity index (χ3v) is 5.94. The summed E-state index contributed by atoms with van der Waals surface area (Å²) >= 11 is 0. The van der Waals surface area contributed by atoms with Crippen LogP contribution in [0.5, 0.6) is 11.5 Å². The topological polar surface area (TPSA) is 103 Å². The van der Waals surface area contributed by atoms with Gasteiger partial charge in [0.1, 0.15) is 11.5 Å². The third kappa shape index (κ3) is 10.9. The monoisotopic (exact) mass is 512 g/mol.